The first kappa shape index (κ1) is 18.2. The smallest absolute Gasteiger partial charge is 0.336 e. The molecule has 1 atom stereocenters. The van der Waals surface area contributed by atoms with Crippen molar-refractivity contribution >= 4 is 29.8 Å². The molecule has 0 heterocycles. The van der Waals surface area contributed by atoms with E-state index in [1.165, 1.54) is 0 Å². The first-order chi connectivity index (χ1) is 9.47. The number of carbonyl (C=O) groups excluding carboxylic acids is 2. The number of carboxylic acids is 3. The van der Waals surface area contributed by atoms with Crippen LogP contribution >= 0.6 is 0 Å². The maximum absolute atomic E-state index is 11.3. The molecule has 0 bridgehead atoms. The fourth-order valence-corrected chi connectivity index (χ4v) is 1.15. The lowest BCUT2D eigenvalue weighted by molar-refractivity contribution is -0.174. The second kappa shape index (κ2) is 7.14. The molecule has 21 heavy (non-hydrogen) atoms. The number of aliphatic carboxylic acids is 3. The van der Waals surface area contributed by atoms with Crippen LogP contribution in [-0.4, -0.2) is 55.9 Å². The molecule has 10 heteroatoms. The average molecular weight is 304 g/mol. The zero-order chi connectivity index (χ0) is 16.8. The fraction of sp³-hybridized carbons (Fsp3) is 0.364. The van der Waals surface area contributed by atoms with E-state index in [1.807, 2.05) is 0 Å². The highest BCUT2D eigenvalue weighted by Gasteiger charge is 2.41. The van der Waals surface area contributed by atoms with Crippen LogP contribution in [0.4, 0.5) is 0 Å². The second-order valence-corrected chi connectivity index (χ2v) is 4.02. The van der Waals surface area contributed by atoms with Crippen LogP contribution in [0.2, 0.25) is 0 Å². The van der Waals surface area contributed by atoms with E-state index < -0.39 is 60.3 Å². The van der Waals surface area contributed by atoms with Gasteiger partial charge in [-0.25, -0.2) is 9.59 Å². The van der Waals surface area contributed by atoms with Crippen molar-refractivity contribution in [2.45, 2.75) is 24.9 Å². The summed E-state index contributed by atoms with van der Waals surface area (Å²) < 4.78 is 4.08. The first-order valence-corrected chi connectivity index (χ1v) is 5.30. The molecule has 10 nitrogen and oxygen atoms in total. The van der Waals surface area contributed by atoms with E-state index in [1.54, 1.807) is 0 Å². The van der Waals surface area contributed by atoms with Gasteiger partial charge in [-0.3, -0.25) is 14.4 Å². The molecule has 0 aromatic heterocycles. The molecule has 1 unspecified atom stereocenters. The summed E-state index contributed by atoms with van der Waals surface area (Å²) in [6.07, 6.45) is -3.40. The third-order valence-electron chi connectivity index (χ3n) is 2.17. The Kier molecular flexibility index (Phi) is 6.21. The van der Waals surface area contributed by atoms with E-state index in [0.29, 0.717) is 0 Å². The van der Waals surface area contributed by atoms with Gasteiger partial charge in [0.25, 0.3) is 0 Å². The topological polar surface area (TPSA) is 176 Å². The third kappa shape index (κ3) is 6.29. The van der Waals surface area contributed by atoms with Gasteiger partial charge >= 0.3 is 29.8 Å². The van der Waals surface area contributed by atoms with Crippen molar-refractivity contribution in [1.29, 1.82) is 0 Å². The summed E-state index contributed by atoms with van der Waals surface area (Å²) in [4.78, 5) is 54.0. The fourth-order valence-electron chi connectivity index (χ4n) is 1.15. The number of ether oxygens (including phenoxy) is 1. The number of carboxylic acid groups (broad SMARTS) is 3. The van der Waals surface area contributed by atoms with Crippen LogP contribution in [0.5, 0.6) is 0 Å². The quantitative estimate of drug-likeness (QED) is 0.241. The largest absolute Gasteiger partial charge is 0.481 e. The number of esters is 2. The summed E-state index contributed by atoms with van der Waals surface area (Å²) in [5.74, 6) is -7.99. The minimum Gasteiger partial charge on any atom is -0.481 e. The Hall–Kier alpha value is -2.75. The lowest BCUT2D eigenvalue weighted by atomic mass is 9.96. The van der Waals surface area contributed by atoms with Crippen molar-refractivity contribution in [3.05, 3.63) is 12.2 Å². The Morgan fingerprint density at radius 3 is 1.86 bits per heavy atom. The van der Waals surface area contributed by atoms with Gasteiger partial charge < -0.3 is 25.2 Å². The van der Waals surface area contributed by atoms with Crippen molar-refractivity contribution in [2.24, 2.45) is 0 Å². The monoisotopic (exact) mass is 304 g/mol. The van der Waals surface area contributed by atoms with E-state index in [9.17, 15) is 29.1 Å². The summed E-state index contributed by atoms with van der Waals surface area (Å²) in [5.41, 5.74) is -3.50. The number of hydrogen-bond acceptors (Lipinski definition) is 7. The van der Waals surface area contributed by atoms with Crippen molar-refractivity contribution in [3.63, 3.8) is 0 Å². The Morgan fingerprint density at radius 2 is 1.48 bits per heavy atom. The molecule has 0 rings (SSSR count). The molecule has 0 aliphatic rings. The molecule has 0 aliphatic heterocycles. The van der Waals surface area contributed by atoms with E-state index >= 15 is 0 Å². The summed E-state index contributed by atoms with van der Waals surface area (Å²) in [6, 6.07) is 0. The van der Waals surface area contributed by atoms with Crippen molar-refractivity contribution in [1.82, 2.24) is 0 Å². The summed E-state index contributed by atoms with van der Waals surface area (Å²) in [6.45, 7) is 3.01. The molecule has 0 spiro atoms. The Balaban J connectivity index is 4.69. The van der Waals surface area contributed by atoms with E-state index in [2.05, 4.69) is 11.3 Å². The average Bonchev–Trinajstić information content (AvgIpc) is 2.26. The first-order valence-electron chi connectivity index (χ1n) is 5.30. The molecular weight excluding hydrogens is 292 g/mol. The standard InChI is InChI=1S/C11H12O10/c1-5(9(16)17)2-7(14)21-8(15)4-11(20,10(18)19)3-6(12)13/h20H,1-4H2,(H,12,13)(H,16,17)(H,18,19). The lowest BCUT2D eigenvalue weighted by Crippen LogP contribution is -2.43. The highest BCUT2D eigenvalue weighted by atomic mass is 16.6. The maximum atomic E-state index is 11.3. The normalized spacial score (nSPS) is 12.8. The number of hydrogen-bond donors (Lipinski definition) is 4. The second-order valence-electron chi connectivity index (χ2n) is 4.02. The van der Waals surface area contributed by atoms with Gasteiger partial charge in [-0.05, 0) is 0 Å². The number of rotatable bonds is 8. The van der Waals surface area contributed by atoms with Crippen LogP contribution in [0.3, 0.4) is 0 Å². The van der Waals surface area contributed by atoms with Gasteiger partial charge in [0.05, 0.1) is 19.3 Å². The lowest BCUT2D eigenvalue weighted by Gasteiger charge is -2.19. The zero-order valence-corrected chi connectivity index (χ0v) is 10.6. The highest BCUT2D eigenvalue weighted by molar-refractivity contribution is 5.96. The van der Waals surface area contributed by atoms with Gasteiger partial charge in [-0.15, -0.1) is 0 Å². The maximum Gasteiger partial charge on any atom is 0.336 e. The molecule has 0 saturated heterocycles. The third-order valence-corrected chi connectivity index (χ3v) is 2.17. The van der Waals surface area contributed by atoms with Gasteiger partial charge in [-0.2, -0.15) is 0 Å². The van der Waals surface area contributed by atoms with Crippen LogP contribution < -0.4 is 0 Å². The minimum absolute atomic E-state index is 0.563. The van der Waals surface area contributed by atoms with Gasteiger partial charge in [0.15, 0.2) is 5.60 Å². The van der Waals surface area contributed by atoms with Crippen molar-refractivity contribution in [3.8, 4) is 0 Å². The summed E-state index contributed by atoms with van der Waals surface area (Å²) >= 11 is 0. The van der Waals surface area contributed by atoms with Gasteiger partial charge in [-0.1, -0.05) is 6.58 Å². The molecule has 0 fully saturated rings. The molecule has 116 valence electrons. The van der Waals surface area contributed by atoms with E-state index in [4.69, 9.17) is 15.3 Å². The van der Waals surface area contributed by atoms with Gasteiger partial charge in [0.2, 0.25) is 0 Å². The SMILES string of the molecule is C=C(CC(=O)OC(=O)CC(O)(CC(=O)O)C(=O)O)C(=O)O. The highest BCUT2D eigenvalue weighted by Crippen LogP contribution is 2.17. The molecule has 0 aromatic rings. The van der Waals surface area contributed by atoms with Crippen molar-refractivity contribution in [2.75, 3.05) is 0 Å². The Labute approximate surface area is 117 Å². The predicted molar refractivity (Wildman–Crippen MR) is 61.9 cm³/mol. The molecule has 0 amide bonds. The van der Waals surface area contributed by atoms with Gasteiger partial charge in [0, 0.05) is 5.57 Å². The molecule has 0 saturated carbocycles. The molecule has 0 aliphatic carbocycles. The molecule has 4 N–H and O–H groups in total. The van der Waals surface area contributed by atoms with Crippen LogP contribution in [0.15, 0.2) is 12.2 Å². The van der Waals surface area contributed by atoms with Crippen LogP contribution in [0, 0.1) is 0 Å². The minimum atomic E-state index is -2.94. The Morgan fingerprint density at radius 1 is 0.952 bits per heavy atom. The van der Waals surface area contributed by atoms with E-state index in [-0.39, 0.29) is 0 Å². The van der Waals surface area contributed by atoms with Crippen molar-refractivity contribution < 1.29 is 49.1 Å². The Bertz CT molecular complexity index is 505. The zero-order valence-electron chi connectivity index (χ0n) is 10.6. The predicted octanol–water partition coefficient (Wildman–Crippen LogP) is -1.23. The summed E-state index contributed by atoms with van der Waals surface area (Å²) in [5, 5.41) is 35.1. The summed E-state index contributed by atoms with van der Waals surface area (Å²) in [7, 11) is 0. The van der Waals surface area contributed by atoms with Crippen LogP contribution in [-0.2, 0) is 28.7 Å². The molecule has 0 aromatic carbocycles. The van der Waals surface area contributed by atoms with Gasteiger partial charge in [0.1, 0.15) is 0 Å². The van der Waals surface area contributed by atoms with E-state index in [0.717, 1.165) is 0 Å². The molecule has 0 radical (unpaired) electrons. The molecular formula is C11H12O10. The number of carbonyl (C=O) groups is 5. The number of aliphatic hydroxyl groups is 1. The van der Waals surface area contributed by atoms with Crippen LogP contribution in [0.25, 0.3) is 0 Å². The van der Waals surface area contributed by atoms with Crippen LogP contribution in [0.1, 0.15) is 19.3 Å².